The Morgan fingerprint density at radius 1 is 1.17 bits per heavy atom. The lowest BCUT2D eigenvalue weighted by atomic mass is 9.93. The molecule has 1 heterocycles. The van der Waals surface area contributed by atoms with Crippen LogP contribution < -0.4 is 5.56 Å². The molecular formula is C20H22N2O2. The fourth-order valence-corrected chi connectivity index (χ4v) is 3.18. The number of rotatable bonds is 6. The molecule has 2 aromatic rings. The van der Waals surface area contributed by atoms with Gasteiger partial charge in [-0.05, 0) is 48.6 Å². The molecule has 1 aromatic heterocycles. The van der Waals surface area contributed by atoms with Gasteiger partial charge in [0.25, 0.3) is 5.56 Å². The van der Waals surface area contributed by atoms with E-state index < -0.39 is 0 Å². The molecule has 0 aliphatic heterocycles. The van der Waals surface area contributed by atoms with Gasteiger partial charge in [-0.1, -0.05) is 31.2 Å². The summed E-state index contributed by atoms with van der Waals surface area (Å²) in [4.78, 5) is 31.4. The molecule has 4 nitrogen and oxygen atoms in total. The van der Waals surface area contributed by atoms with Gasteiger partial charge in [0.05, 0.1) is 0 Å². The molecule has 0 amide bonds. The van der Waals surface area contributed by atoms with Crippen LogP contribution in [0.1, 0.15) is 84.2 Å². The monoisotopic (exact) mass is 322 g/mol. The largest absolute Gasteiger partial charge is 0.310 e. The molecule has 0 bridgehead atoms. The number of benzene rings is 1. The Kier molecular flexibility index (Phi) is 3.83. The quantitative estimate of drug-likeness (QED) is 0.820. The lowest BCUT2D eigenvalue weighted by Gasteiger charge is -2.12. The Balaban J connectivity index is 1.47. The Bertz CT molecular complexity index is 814. The molecule has 2 fully saturated rings. The third-order valence-corrected chi connectivity index (χ3v) is 5.06. The predicted molar refractivity (Wildman–Crippen MR) is 92.6 cm³/mol. The van der Waals surface area contributed by atoms with E-state index in [0.717, 1.165) is 18.8 Å². The number of nitrogens with zero attached hydrogens (tertiary/aromatic N) is 1. The summed E-state index contributed by atoms with van der Waals surface area (Å²) in [5, 5.41) is 0. The van der Waals surface area contributed by atoms with Gasteiger partial charge in [-0.25, -0.2) is 4.98 Å². The fraction of sp³-hybridized carbons (Fsp3) is 0.450. The standard InChI is InChI=1S/C20H22N2O2/c1-12(13-2-4-14(5-3-13)15-6-7-15)10-18(23)17-11-19(24)22-20(21-17)16-8-9-16/h2-5,11-12,15-16H,6-10H2,1H3,(H,21,22,24)/t12-/m0/s1. The maximum Gasteiger partial charge on any atom is 0.251 e. The number of nitrogens with one attached hydrogen (secondary N) is 1. The second-order valence-electron chi connectivity index (χ2n) is 7.26. The van der Waals surface area contributed by atoms with Crippen LogP contribution in [0.3, 0.4) is 0 Å². The van der Waals surface area contributed by atoms with E-state index in [2.05, 4.69) is 41.2 Å². The third kappa shape index (κ3) is 3.32. The van der Waals surface area contributed by atoms with Crippen molar-refractivity contribution in [3.05, 3.63) is 63.3 Å². The molecule has 1 aromatic carbocycles. The smallest absolute Gasteiger partial charge is 0.251 e. The molecule has 4 heteroatoms. The Labute approximate surface area is 141 Å². The van der Waals surface area contributed by atoms with Crippen molar-refractivity contribution in [2.75, 3.05) is 0 Å². The number of Topliss-reactive ketones (excluding diaryl/α,β-unsaturated/α-hetero) is 1. The molecule has 1 N–H and O–H groups in total. The van der Waals surface area contributed by atoms with Crippen LogP contribution in [0, 0.1) is 0 Å². The molecule has 4 rings (SSSR count). The molecule has 0 saturated heterocycles. The molecule has 0 spiro atoms. The minimum atomic E-state index is -0.225. The molecule has 2 aliphatic rings. The van der Waals surface area contributed by atoms with Crippen LogP contribution in [0.4, 0.5) is 0 Å². The van der Waals surface area contributed by atoms with E-state index in [9.17, 15) is 9.59 Å². The van der Waals surface area contributed by atoms with E-state index in [-0.39, 0.29) is 17.3 Å². The highest BCUT2D eigenvalue weighted by Crippen LogP contribution is 2.40. The normalized spacial score (nSPS) is 18.4. The first-order valence-electron chi connectivity index (χ1n) is 8.84. The van der Waals surface area contributed by atoms with E-state index in [1.54, 1.807) is 0 Å². The highest BCUT2D eigenvalue weighted by atomic mass is 16.1. The van der Waals surface area contributed by atoms with Gasteiger partial charge in [0, 0.05) is 18.4 Å². The molecule has 2 aliphatic carbocycles. The van der Waals surface area contributed by atoms with Crippen LogP contribution in [0.15, 0.2) is 35.1 Å². The number of hydrogen-bond acceptors (Lipinski definition) is 3. The molecule has 2 saturated carbocycles. The summed E-state index contributed by atoms with van der Waals surface area (Å²) < 4.78 is 0. The van der Waals surface area contributed by atoms with Crippen LogP contribution in [-0.4, -0.2) is 15.8 Å². The Morgan fingerprint density at radius 2 is 1.83 bits per heavy atom. The van der Waals surface area contributed by atoms with Crippen molar-refractivity contribution in [2.45, 2.75) is 56.8 Å². The van der Waals surface area contributed by atoms with Crippen molar-refractivity contribution in [1.29, 1.82) is 0 Å². The molecule has 24 heavy (non-hydrogen) atoms. The summed E-state index contributed by atoms with van der Waals surface area (Å²) in [6, 6.07) is 9.96. The molecule has 124 valence electrons. The molecule has 0 unspecified atom stereocenters. The minimum Gasteiger partial charge on any atom is -0.310 e. The van der Waals surface area contributed by atoms with E-state index in [4.69, 9.17) is 0 Å². The lowest BCUT2D eigenvalue weighted by molar-refractivity contribution is 0.0970. The minimum absolute atomic E-state index is 0.0539. The summed E-state index contributed by atoms with van der Waals surface area (Å²) in [6.07, 6.45) is 5.06. The van der Waals surface area contributed by atoms with Crippen LogP contribution >= 0.6 is 0 Å². The number of aromatic nitrogens is 2. The van der Waals surface area contributed by atoms with Gasteiger partial charge >= 0.3 is 0 Å². The predicted octanol–water partition coefficient (Wildman–Crippen LogP) is 3.90. The van der Waals surface area contributed by atoms with Gasteiger partial charge in [0.2, 0.25) is 0 Å². The number of carbonyl (C=O) groups is 1. The van der Waals surface area contributed by atoms with Crippen molar-refractivity contribution >= 4 is 5.78 Å². The van der Waals surface area contributed by atoms with E-state index >= 15 is 0 Å². The van der Waals surface area contributed by atoms with Crippen LogP contribution in [0.2, 0.25) is 0 Å². The summed E-state index contributed by atoms with van der Waals surface area (Å²) in [6.45, 7) is 2.05. The first-order chi connectivity index (χ1) is 11.6. The zero-order valence-electron chi connectivity index (χ0n) is 13.9. The zero-order valence-corrected chi connectivity index (χ0v) is 13.9. The second-order valence-corrected chi connectivity index (χ2v) is 7.26. The highest BCUT2D eigenvalue weighted by Gasteiger charge is 2.27. The van der Waals surface area contributed by atoms with Crippen LogP contribution in [-0.2, 0) is 0 Å². The topological polar surface area (TPSA) is 62.8 Å². The van der Waals surface area contributed by atoms with Crippen molar-refractivity contribution in [3.8, 4) is 0 Å². The first kappa shape index (κ1) is 15.3. The third-order valence-electron chi connectivity index (χ3n) is 5.06. The van der Waals surface area contributed by atoms with Gasteiger partial charge in [-0.3, -0.25) is 9.59 Å². The summed E-state index contributed by atoms with van der Waals surface area (Å²) in [5.41, 5.74) is 2.65. The number of hydrogen-bond donors (Lipinski definition) is 1. The zero-order chi connectivity index (χ0) is 16.7. The van der Waals surface area contributed by atoms with E-state index in [0.29, 0.717) is 23.9 Å². The van der Waals surface area contributed by atoms with Crippen molar-refractivity contribution in [3.63, 3.8) is 0 Å². The van der Waals surface area contributed by atoms with E-state index in [1.165, 1.54) is 30.0 Å². The van der Waals surface area contributed by atoms with Gasteiger partial charge in [0.15, 0.2) is 5.78 Å². The van der Waals surface area contributed by atoms with Crippen LogP contribution in [0.5, 0.6) is 0 Å². The fourth-order valence-electron chi connectivity index (χ4n) is 3.18. The SMILES string of the molecule is C[C@@H](CC(=O)c1cc(=O)[nH]c(C2CC2)n1)c1ccc(C2CC2)cc1. The van der Waals surface area contributed by atoms with Gasteiger partial charge < -0.3 is 4.98 Å². The summed E-state index contributed by atoms with van der Waals surface area (Å²) in [7, 11) is 0. The van der Waals surface area contributed by atoms with Crippen molar-refractivity contribution in [1.82, 2.24) is 9.97 Å². The van der Waals surface area contributed by atoms with Crippen molar-refractivity contribution in [2.24, 2.45) is 0 Å². The maximum atomic E-state index is 12.5. The Morgan fingerprint density at radius 3 is 2.46 bits per heavy atom. The van der Waals surface area contributed by atoms with Crippen LogP contribution in [0.25, 0.3) is 0 Å². The summed E-state index contributed by atoms with van der Waals surface area (Å²) >= 11 is 0. The number of H-pyrrole nitrogens is 1. The van der Waals surface area contributed by atoms with Gasteiger partial charge in [-0.2, -0.15) is 0 Å². The number of aromatic amines is 1. The van der Waals surface area contributed by atoms with E-state index in [1.807, 2.05) is 0 Å². The number of carbonyl (C=O) groups excluding carboxylic acids is 1. The van der Waals surface area contributed by atoms with Gasteiger partial charge in [0.1, 0.15) is 11.5 Å². The second kappa shape index (κ2) is 6.00. The number of ketones is 1. The molecule has 0 radical (unpaired) electrons. The maximum absolute atomic E-state index is 12.5. The summed E-state index contributed by atoms with van der Waals surface area (Å²) in [5.74, 6) is 1.82. The van der Waals surface area contributed by atoms with Crippen molar-refractivity contribution < 1.29 is 4.79 Å². The molecule has 1 atom stereocenters. The molecular weight excluding hydrogens is 300 g/mol. The average Bonchev–Trinajstić information content (AvgIpc) is 3.47. The highest BCUT2D eigenvalue weighted by molar-refractivity contribution is 5.94. The lowest BCUT2D eigenvalue weighted by Crippen LogP contribution is -2.16. The van der Waals surface area contributed by atoms with Gasteiger partial charge in [-0.15, -0.1) is 0 Å². The first-order valence-corrected chi connectivity index (χ1v) is 8.84. The average molecular weight is 322 g/mol. The Hall–Kier alpha value is -2.23.